The molecule has 2 atom stereocenters. The molecule has 0 fully saturated rings. The fraction of sp³-hybridized carbons (Fsp3) is 0.600. The first-order valence-electron chi connectivity index (χ1n) is 6.52. The highest BCUT2D eigenvalue weighted by Crippen LogP contribution is 2.39. The van der Waals surface area contributed by atoms with Crippen molar-refractivity contribution in [1.29, 1.82) is 0 Å². The second-order valence-corrected chi connectivity index (χ2v) is 5.88. The second kappa shape index (κ2) is 4.47. The van der Waals surface area contributed by atoms with Crippen LogP contribution in [0.5, 0.6) is 11.5 Å². The summed E-state index contributed by atoms with van der Waals surface area (Å²) in [6.45, 7) is 7.76. The number of hydrogen-bond donors (Lipinski definition) is 2. The fourth-order valence-electron chi connectivity index (χ4n) is 2.42. The summed E-state index contributed by atoms with van der Waals surface area (Å²) in [5, 5.41) is 20.0. The van der Waals surface area contributed by atoms with E-state index in [9.17, 15) is 10.2 Å². The van der Waals surface area contributed by atoms with E-state index in [0.29, 0.717) is 12.2 Å². The lowest BCUT2D eigenvalue weighted by atomic mass is 9.87. The van der Waals surface area contributed by atoms with Gasteiger partial charge >= 0.3 is 0 Å². The molecule has 3 nitrogen and oxygen atoms in total. The molecule has 18 heavy (non-hydrogen) atoms. The highest BCUT2D eigenvalue weighted by atomic mass is 16.5. The first-order chi connectivity index (χ1) is 8.31. The number of hydrogen-bond acceptors (Lipinski definition) is 3. The first kappa shape index (κ1) is 13.2. The lowest BCUT2D eigenvalue weighted by Crippen LogP contribution is -2.43. The number of aliphatic hydroxyl groups is 1. The zero-order chi connectivity index (χ0) is 13.5. The molecule has 2 N–H and O–H groups in total. The van der Waals surface area contributed by atoms with E-state index >= 15 is 0 Å². The molecule has 1 aliphatic rings. The van der Waals surface area contributed by atoms with Crippen molar-refractivity contribution in [3.8, 4) is 11.5 Å². The summed E-state index contributed by atoms with van der Waals surface area (Å²) in [5.74, 6) is 1.36. The van der Waals surface area contributed by atoms with Gasteiger partial charge in [-0.2, -0.15) is 0 Å². The van der Waals surface area contributed by atoms with E-state index in [1.807, 2.05) is 26.8 Å². The number of ether oxygens (including phenoxy) is 1. The van der Waals surface area contributed by atoms with E-state index in [2.05, 4.69) is 6.92 Å². The van der Waals surface area contributed by atoms with E-state index in [-0.39, 0.29) is 5.92 Å². The smallest absolute Gasteiger partial charge is 0.129 e. The Balaban J connectivity index is 2.49. The Morgan fingerprint density at radius 1 is 1.28 bits per heavy atom. The van der Waals surface area contributed by atoms with Crippen LogP contribution in [0.4, 0.5) is 0 Å². The maximum Gasteiger partial charge on any atom is 0.129 e. The molecule has 0 saturated carbocycles. The largest absolute Gasteiger partial charge is 0.508 e. The van der Waals surface area contributed by atoms with Crippen LogP contribution in [0.1, 0.15) is 50.7 Å². The Hall–Kier alpha value is -1.22. The van der Waals surface area contributed by atoms with E-state index < -0.39 is 11.7 Å². The van der Waals surface area contributed by atoms with Crippen LogP contribution < -0.4 is 4.74 Å². The van der Waals surface area contributed by atoms with Crippen LogP contribution in [0, 0.1) is 6.92 Å². The summed E-state index contributed by atoms with van der Waals surface area (Å²) in [6.07, 6.45) is 1.13. The van der Waals surface area contributed by atoms with E-state index in [0.717, 1.165) is 23.3 Å². The number of fused-ring (bicyclic) bond motifs is 1. The lowest BCUT2D eigenvalue weighted by Gasteiger charge is -2.36. The number of aryl methyl sites for hydroxylation is 1. The molecular weight excluding hydrogens is 228 g/mol. The number of rotatable bonds is 0. The quantitative estimate of drug-likeness (QED) is 0.743. The highest BCUT2D eigenvalue weighted by Gasteiger charge is 2.33. The summed E-state index contributed by atoms with van der Waals surface area (Å²) < 4.78 is 5.98. The summed E-state index contributed by atoms with van der Waals surface area (Å²) in [4.78, 5) is 0. The molecule has 100 valence electrons. The third kappa shape index (κ3) is 2.32. The van der Waals surface area contributed by atoms with Gasteiger partial charge in [0.1, 0.15) is 17.1 Å². The topological polar surface area (TPSA) is 49.7 Å². The first-order valence-corrected chi connectivity index (χ1v) is 6.52. The Labute approximate surface area is 108 Å². The molecule has 1 aromatic rings. The second-order valence-electron chi connectivity index (χ2n) is 5.88. The van der Waals surface area contributed by atoms with Crippen LogP contribution in [0.3, 0.4) is 0 Å². The summed E-state index contributed by atoms with van der Waals surface area (Å²) in [7, 11) is 0. The molecule has 0 bridgehead atoms. The Morgan fingerprint density at radius 3 is 2.61 bits per heavy atom. The molecule has 0 radical (unpaired) electrons. The minimum Gasteiger partial charge on any atom is -0.508 e. The minimum absolute atomic E-state index is 0.275. The normalized spacial score (nSPS) is 26.7. The van der Waals surface area contributed by atoms with Gasteiger partial charge in [0.15, 0.2) is 0 Å². The van der Waals surface area contributed by atoms with Crippen molar-refractivity contribution in [2.75, 3.05) is 0 Å². The Morgan fingerprint density at radius 2 is 1.94 bits per heavy atom. The average Bonchev–Trinajstić information content (AvgIpc) is 2.28. The van der Waals surface area contributed by atoms with Crippen molar-refractivity contribution in [1.82, 2.24) is 0 Å². The van der Waals surface area contributed by atoms with Gasteiger partial charge in [-0.3, -0.25) is 0 Å². The van der Waals surface area contributed by atoms with Crippen molar-refractivity contribution in [2.45, 2.75) is 58.2 Å². The van der Waals surface area contributed by atoms with Crippen LogP contribution in [0.2, 0.25) is 0 Å². The number of aliphatic hydroxyl groups excluding tert-OH is 1. The van der Waals surface area contributed by atoms with E-state index in [1.54, 1.807) is 6.07 Å². The fourth-order valence-corrected chi connectivity index (χ4v) is 2.42. The Kier molecular flexibility index (Phi) is 3.28. The molecule has 1 heterocycles. The maximum absolute atomic E-state index is 10.1. The molecule has 0 spiro atoms. The van der Waals surface area contributed by atoms with Gasteiger partial charge in [-0.15, -0.1) is 0 Å². The zero-order valence-corrected chi connectivity index (χ0v) is 11.5. The van der Waals surface area contributed by atoms with Gasteiger partial charge < -0.3 is 14.9 Å². The summed E-state index contributed by atoms with van der Waals surface area (Å²) in [6, 6.07) is 3.66. The van der Waals surface area contributed by atoms with Gasteiger partial charge in [0, 0.05) is 5.56 Å². The van der Waals surface area contributed by atoms with Crippen molar-refractivity contribution >= 4 is 0 Å². The molecule has 2 unspecified atom stereocenters. The van der Waals surface area contributed by atoms with Gasteiger partial charge in [-0.25, -0.2) is 0 Å². The molecular formula is C15H22O3. The average molecular weight is 250 g/mol. The van der Waals surface area contributed by atoms with Crippen molar-refractivity contribution < 1.29 is 14.9 Å². The van der Waals surface area contributed by atoms with Gasteiger partial charge in [-0.05, 0) is 57.2 Å². The predicted molar refractivity (Wildman–Crippen MR) is 71.2 cm³/mol. The number of aromatic hydroxyl groups is 1. The van der Waals surface area contributed by atoms with Crippen molar-refractivity contribution in [3.63, 3.8) is 0 Å². The van der Waals surface area contributed by atoms with Crippen LogP contribution in [0.25, 0.3) is 0 Å². The van der Waals surface area contributed by atoms with Crippen LogP contribution in [-0.4, -0.2) is 21.9 Å². The highest BCUT2D eigenvalue weighted by molar-refractivity contribution is 5.47. The molecule has 0 aliphatic carbocycles. The number of phenolic OH excluding ortho intramolecular Hbond substituents is 1. The maximum atomic E-state index is 10.1. The molecule has 0 aromatic heterocycles. The van der Waals surface area contributed by atoms with Crippen molar-refractivity contribution in [2.24, 2.45) is 0 Å². The summed E-state index contributed by atoms with van der Waals surface area (Å²) >= 11 is 0. The van der Waals surface area contributed by atoms with E-state index in [4.69, 9.17) is 4.74 Å². The summed E-state index contributed by atoms with van der Waals surface area (Å²) in [5.41, 5.74) is 1.23. The van der Waals surface area contributed by atoms with Gasteiger partial charge in [-0.1, -0.05) is 6.92 Å². The molecule has 2 rings (SSSR count). The molecule has 1 aliphatic heterocycles. The monoisotopic (exact) mass is 250 g/mol. The van der Waals surface area contributed by atoms with Crippen LogP contribution in [-0.2, 0) is 0 Å². The minimum atomic E-state index is -0.599. The Bertz CT molecular complexity index is 451. The lowest BCUT2D eigenvalue weighted by molar-refractivity contribution is -0.0381. The molecule has 0 saturated heterocycles. The van der Waals surface area contributed by atoms with Gasteiger partial charge in [0.25, 0.3) is 0 Å². The molecule has 0 amide bonds. The number of benzene rings is 1. The molecule has 3 heteroatoms. The van der Waals surface area contributed by atoms with E-state index in [1.165, 1.54) is 0 Å². The van der Waals surface area contributed by atoms with Gasteiger partial charge in [0.2, 0.25) is 0 Å². The van der Waals surface area contributed by atoms with Crippen LogP contribution >= 0.6 is 0 Å². The van der Waals surface area contributed by atoms with Crippen molar-refractivity contribution in [3.05, 3.63) is 23.3 Å². The SMILES string of the molecule is Cc1cc2c(cc1O)C(C)CCC(O)C(C)(C)O2. The predicted octanol–water partition coefficient (Wildman–Crippen LogP) is 3.12. The van der Waals surface area contributed by atoms with Gasteiger partial charge in [0.05, 0.1) is 6.10 Å². The third-order valence-electron chi connectivity index (χ3n) is 3.91. The third-order valence-corrected chi connectivity index (χ3v) is 3.91. The standard InChI is InChI=1S/C15H22O3/c1-9-5-6-14(17)15(3,4)18-13-7-10(2)12(16)8-11(9)13/h7-9,14,16-17H,5-6H2,1-4H3. The number of phenols is 1. The zero-order valence-electron chi connectivity index (χ0n) is 11.5. The van der Waals surface area contributed by atoms with Crippen LogP contribution in [0.15, 0.2) is 12.1 Å². The molecule has 1 aromatic carbocycles.